The Morgan fingerprint density at radius 3 is 3.25 bits per heavy atom. The largest absolute Gasteiger partial charge is 0.377 e. The van der Waals surface area contributed by atoms with Crippen LogP contribution in [-0.2, 0) is 4.74 Å². The summed E-state index contributed by atoms with van der Waals surface area (Å²) in [5, 5.41) is 14.5. The molecule has 0 amide bonds. The van der Waals surface area contributed by atoms with Crippen molar-refractivity contribution in [2.24, 2.45) is 0 Å². The quantitative estimate of drug-likeness (QED) is 0.644. The second-order valence-corrected chi connectivity index (χ2v) is 2.12. The third-order valence-electron chi connectivity index (χ3n) is 1.32. The van der Waals surface area contributed by atoms with Crippen molar-refractivity contribution in [2.45, 2.75) is 0 Å². The van der Waals surface area contributed by atoms with Crippen molar-refractivity contribution >= 4 is 5.78 Å². The first-order valence-electron chi connectivity index (χ1n) is 3.25. The van der Waals surface area contributed by atoms with Crippen LogP contribution in [0, 0.1) is 11.3 Å². The van der Waals surface area contributed by atoms with Gasteiger partial charge in [0, 0.05) is 13.3 Å². The average Bonchev–Trinajstić information content (AvgIpc) is 2.51. The van der Waals surface area contributed by atoms with Crippen molar-refractivity contribution < 1.29 is 9.53 Å². The van der Waals surface area contributed by atoms with Gasteiger partial charge in [-0.1, -0.05) is 0 Å². The van der Waals surface area contributed by atoms with E-state index in [0.29, 0.717) is 0 Å². The van der Waals surface area contributed by atoms with Crippen LogP contribution in [0.3, 0.4) is 0 Å². The molecule has 62 valence electrons. The molecule has 1 aromatic heterocycles. The van der Waals surface area contributed by atoms with Crippen molar-refractivity contribution in [3.05, 3.63) is 17.5 Å². The van der Waals surface area contributed by atoms with Crippen molar-refractivity contribution in [1.82, 2.24) is 10.2 Å². The fourth-order valence-corrected chi connectivity index (χ4v) is 0.797. The Balaban J connectivity index is 2.88. The van der Waals surface area contributed by atoms with Gasteiger partial charge in [-0.2, -0.15) is 10.4 Å². The van der Waals surface area contributed by atoms with E-state index in [9.17, 15) is 4.79 Å². The van der Waals surface area contributed by atoms with E-state index in [1.54, 1.807) is 6.07 Å². The van der Waals surface area contributed by atoms with Crippen LogP contribution in [0.1, 0.15) is 16.1 Å². The first-order valence-corrected chi connectivity index (χ1v) is 3.25. The molecule has 0 aliphatic carbocycles. The normalized spacial score (nSPS) is 9.33. The van der Waals surface area contributed by atoms with Crippen LogP contribution < -0.4 is 0 Å². The zero-order valence-corrected chi connectivity index (χ0v) is 6.50. The Kier molecular flexibility index (Phi) is 2.56. The molecule has 0 unspecified atom stereocenters. The Labute approximate surface area is 69.0 Å². The average molecular weight is 165 g/mol. The lowest BCUT2D eigenvalue weighted by atomic mass is 10.2. The summed E-state index contributed by atoms with van der Waals surface area (Å²) in [5.74, 6) is -0.247. The van der Waals surface area contributed by atoms with Gasteiger partial charge in [0.2, 0.25) is 0 Å². The number of aromatic amines is 1. The van der Waals surface area contributed by atoms with Crippen molar-refractivity contribution in [1.29, 1.82) is 5.26 Å². The van der Waals surface area contributed by atoms with E-state index in [4.69, 9.17) is 5.26 Å². The summed E-state index contributed by atoms with van der Waals surface area (Å²) in [7, 11) is 1.42. The van der Waals surface area contributed by atoms with Crippen LogP contribution in [0.5, 0.6) is 0 Å². The lowest BCUT2D eigenvalue weighted by Gasteiger charge is -1.93. The highest BCUT2D eigenvalue weighted by Gasteiger charge is 2.12. The Morgan fingerprint density at radius 1 is 1.92 bits per heavy atom. The summed E-state index contributed by atoms with van der Waals surface area (Å²) in [4.78, 5) is 11.1. The molecule has 0 aromatic carbocycles. The molecule has 0 fully saturated rings. The molecule has 1 heterocycles. The lowest BCUT2D eigenvalue weighted by molar-refractivity contribution is 0.0848. The number of carbonyl (C=O) groups is 1. The molecule has 0 aliphatic heterocycles. The number of aromatic nitrogens is 2. The standard InChI is InChI=1S/C7H7N3O2/c1-12-4-7(11)5-3-9-10-6(5)2-8/h3H,4H2,1H3,(H,9,10). The predicted molar refractivity (Wildman–Crippen MR) is 39.5 cm³/mol. The van der Waals surface area contributed by atoms with Crippen molar-refractivity contribution in [2.75, 3.05) is 13.7 Å². The number of H-pyrrole nitrogens is 1. The van der Waals surface area contributed by atoms with Gasteiger partial charge in [0.05, 0.1) is 5.56 Å². The number of hydrogen-bond donors (Lipinski definition) is 1. The summed E-state index contributed by atoms with van der Waals surface area (Å²) in [6, 6.07) is 1.80. The van der Waals surface area contributed by atoms with Gasteiger partial charge in [0.15, 0.2) is 11.5 Å². The number of ketones is 1. The van der Waals surface area contributed by atoms with Crippen LogP contribution >= 0.6 is 0 Å². The van der Waals surface area contributed by atoms with E-state index in [0.717, 1.165) is 0 Å². The third-order valence-corrected chi connectivity index (χ3v) is 1.32. The molecule has 1 rings (SSSR count). The Bertz CT molecular complexity index is 324. The SMILES string of the molecule is COCC(=O)c1c[nH]nc1C#N. The van der Waals surface area contributed by atoms with Crippen LogP contribution in [0.15, 0.2) is 6.20 Å². The first kappa shape index (κ1) is 8.43. The molecule has 0 saturated carbocycles. The van der Waals surface area contributed by atoms with E-state index >= 15 is 0 Å². The number of nitrogens with zero attached hydrogens (tertiary/aromatic N) is 2. The van der Waals surface area contributed by atoms with E-state index < -0.39 is 0 Å². The van der Waals surface area contributed by atoms with Crippen molar-refractivity contribution in [3.63, 3.8) is 0 Å². The van der Waals surface area contributed by atoms with Gasteiger partial charge in [-0.15, -0.1) is 0 Å². The van der Waals surface area contributed by atoms with Gasteiger partial charge < -0.3 is 4.74 Å². The van der Waals surface area contributed by atoms with Gasteiger partial charge >= 0.3 is 0 Å². The molecular weight excluding hydrogens is 158 g/mol. The number of nitriles is 1. The topological polar surface area (TPSA) is 78.8 Å². The minimum atomic E-state index is -0.247. The van der Waals surface area contributed by atoms with Crippen LogP contribution in [-0.4, -0.2) is 29.7 Å². The third kappa shape index (κ3) is 1.49. The maximum absolute atomic E-state index is 11.1. The van der Waals surface area contributed by atoms with Gasteiger partial charge in [-0.25, -0.2) is 0 Å². The number of hydrogen-bond acceptors (Lipinski definition) is 4. The van der Waals surface area contributed by atoms with Gasteiger partial charge in [0.1, 0.15) is 12.7 Å². The Morgan fingerprint density at radius 2 is 2.67 bits per heavy atom. The number of nitrogens with one attached hydrogen (secondary N) is 1. The molecule has 5 nitrogen and oxygen atoms in total. The second kappa shape index (κ2) is 3.64. The highest BCUT2D eigenvalue weighted by atomic mass is 16.5. The van der Waals surface area contributed by atoms with E-state index in [1.807, 2.05) is 0 Å². The predicted octanol–water partition coefficient (Wildman–Crippen LogP) is 0.110. The zero-order chi connectivity index (χ0) is 8.97. The maximum Gasteiger partial charge on any atom is 0.192 e. The number of ether oxygens (including phenoxy) is 1. The minimum absolute atomic E-state index is 0.0335. The Hall–Kier alpha value is -1.67. The number of Topliss-reactive ketones (excluding diaryl/α,β-unsaturated/α-hetero) is 1. The van der Waals surface area contributed by atoms with E-state index in [-0.39, 0.29) is 23.6 Å². The number of carbonyl (C=O) groups excluding carboxylic acids is 1. The molecule has 1 N–H and O–H groups in total. The molecule has 0 bridgehead atoms. The summed E-state index contributed by atoms with van der Waals surface area (Å²) in [5.41, 5.74) is 0.386. The summed E-state index contributed by atoms with van der Waals surface area (Å²) in [6.45, 7) is -0.0335. The van der Waals surface area contributed by atoms with Crippen LogP contribution in [0.25, 0.3) is 0 Å². The number of methoxy groups -OCH3 is 1. The van der Waals surface area contributed by atoms with Crippen LogP contribution in [0.4, 0.5) is 0 Å². The smallest absolute Gasteiger partial charge is 0.192 e. The van der Waals surface area contributed by atoms with Gasteiger partial charge in [0.25, 0.3) is 0 Å². The molecule has 0 radical (unpaired) electrons. The number of rotatable bonds is 3. The van der Waals surface area contributed by atoms with E-state index in [1.165, 1.54) is 13.3 Å². The second-order valence-electron chi connectivity index (χ2n) is 2.12. The zero-order valence-electron chi connectivity index (χ0n) is 6.50. The fraction of sp³-hybridized carbons (Fsp3) is 0.286. The monoisotopic (exact) mass is 165 g/mol. The molecule has 1 aromatic rings. The molecule has 12 heavy (non-hydrogen) atoms. The fourth-order valence-electron chi connectivity index (χ4n) is 0.797. The molecule has 0 aliphatic rings. The molecule has 0 saturated heterocycles. The summed E-state index contributed by atoms with van der Waals surface area (Å²) < 4.78 is 4.63. The summed E-state index contributed by atoms with van der Waals surface area (Å²) >= 11 is 0. The van der Waals surface area contributed by atoms with Gasteiger partial charge in [-0.05, 0) is 0 Å². The highest BCUT2D eigenvalue weighted by molar-refractivity contribution is 5.98. The minimum Gasteiger partial charge on any atom is -0.377 e. The summed E-state index contributed by atoms with van der Waals surface area (Å²) in [6.07, 6.45) is 1.39. The first-order chi connectivity index (χ1) is 5.79. The van der Waals surface area contributed by atoms with Crippen LogP contribution in [0.2, 0.25) is 0 Å². The van der Waals surface area contributed by atoms with E-state index in [2.05, 4.69) is 14.9 Å². The van der Waals surface area contributed by atoms with Crippen molar-refractivity contribution in [3.8, 4) is 6.07 Å². The molecular formula is C7H7N3O2. The molecule has 0 atom stereocenters. The van der Waals surface area contributed by atoms with Gasteiger partial charge in [-0.3, -0.25) is 9.89 Å². The highest BCUT2D eigenvalue weighted by Crippen LogP contribution is 2.03. The lowest BCUT2D eigenvalue weighted by Crippen LogP contribution is -2.07. The molecule has 0 spiro atoms. The maximum atomic E-state index is 11.1. The molecule has 5 heteroatoms.